The zero-order valence-electron chi connectivity index (χ0n) is 14.8. The maximum atomic E-state index is 13.8. The second-order valence-corrected chi connectivity index (χ2v) is 6.93. The van der Waals surface area contributed by atoms with Crippen molar-refractivity contribution >= 4 is 11.9 Å². The summed E-state index contributed by atoms with van der Waals surface area (Å²) < 4.78 is 24.3. The minimum Gasteiger partial charge on any atom is -0.494 e. The summed E-state index contributed by atoms with van der Waals surface area (Å²) in [4.78, 5) is 25.6. The molecule has 142 valence electrons. The van der Waals surface area contributed by atoms with Gasteiger partial charge in [-0.3, -0.25) is 9.59 Å². The lowest BCUT2D eigenvalue weighted by atomic mass is 9.84. The van der Waals surface area contributed by atoms with E-state index >= 15 is 0 Å². The van der Waals surface area contributed by atoms with Crippen LogP contribution < -0.4 is 4.74 Å². The largest absolute Gasteiger partial charge is 0.494 e. The molecule has 3 rings (SSSR count). The van der Waals surface area contributed by atoms with Gasteiger partial charge in [0, 0.05) is 19.7 Å². The third-order valence-corrected chi connectivity index (χ3v) is 5.38. The monoisotopic (exact) mass is 365 g/mol. The first-order valence-electron chi connectivity index (χ1n) is 8.94. The Morgan fingerprint density at radius 2 is 2.04 bits per heavy atom. The van der Waals surface area contributed by atoms with Gasteiger partial charge in [-0.2, -0.15) is 0 Å². The van der Waals surface area contributed by atoms with Crippen molar-refractivity contribution in [2.45, 2.75) is 31.8 Å². The van der Waals surface area contributed by atoms with E-state index in [1.54, 1.807) is 11.0 Å². The third-order valence-electron chi connectivity index (χ3n) is 5.38. The number of carboxylic acid groups (broad SMARTS) is 1. The molecule has 1 aromatic carbocycles. The number of amides is 1. The number of hydrogen-bond acceptors (Lipinski definition) is 4. The van der Waals surface area contributed by atoms with Gasteiger partial charge >= 0.3 is 5.97 Å². The number of carbonyl (C=O) groups is 2. The molecule has 2 heterocycles. The van der Waals surface area contributed by atoms with Gasteiger partial charge in [-0.25, -0.2) is 4.39 Å². The van der Waals surface area contributed by atoms with Crippen LogP contribution in [0.4, 0.5) is 4.39 Å². The lowest BCUT2D eigenvalue weighted by molar-refractivity contribution is -0.145. The maximum absolute atomic E-state index is 13.8. The molecule has 1 unspecified atom stereocenters. The van der Waals surface area contributed by atoms with E-state index in [0.29, 0.717) is 31.7 Å². The van der Waals surface area contributed by atoms with Crippen LogP contribution in [-0.2, 0) is 20.7 Å². The van der Waals surface area contributed by atoms with Crippen molar-refractivity contribution in [1.82, 2.24) is 4.90 Å². The van der Waals surface area contributed by atoms with Gasteiger partial charge in [0.2, 0.25) is 5.91 Å². The van der Waals surface area contributed by atoms with Gasteiger partial charge in [-0.1, -0.05) is 6.07 Å². The van der Waals surface area contributed by atoms with Crippen molar-refractivity contribution in [2.24, 2.45) is 11.8 Å². The van der Waals surface area contributed by atoms with E-state index < -0.39 is 17.7 Å². The first-order valence-corrected chi connectivity index (χ1v) is 8.94. The van der Waals surface area contributed by atoms with Crippen molar-refractivity contribution < 1.29 is 28.6 Å². The van der Waals surface area contributed by atoms with Gasteiger partial charge in [0.25, 0.3) is 0 Å². The van der Waals surface area contributed by atoms with Crippen LogP contribution >= 0.6 is 0 Å². The number of rotatable bonds is 5. The van der Waals surface area contributed by atoms with Gasteiger partial charge < -0.3 is 19.5 Å². The number of benzene rings is 1. The highest BCUT2D eigenvalue weighted by Gasteiger charge is 2.40. The second-order valence-electron chi connectivity index (χ2n) is 6.93. The zero-order valence-corrected chi connectivity index (χ0v) is 14.8. The van der Waals surface area contributed by atoms with Crippen LogP contribution in [-0.4, -0.2) is 54.8 Å². The van der Waals surface area contributed by atoms with Crippen LogP contribution in [0.5, 0.6) is 5.75 Å². The summed E-state index contributed by atoms with van der Waals surface area (Å²) in [5, 5.41) is 9.29. The number of ether oxygens (including phenoxy) is 2. The predicted octanol–water partition coefficient (Wildman–Crippen LogP) is 2.11. The molecule has 2 aliphatic heterocycles. The highest BCUT2D eigenvalue weighted by Crippen LogP contribution is 2.33. The molecule has 0 radical (unpaired) electrons. The summed E-state index contributed by atoms with van der Waals surface area (Å²) in [6.07, 6.45) is 1.92. The molecule has 0 aromatic heterocycles. The number of likely N-dealkylation sites (tertiary alicyclic amines) is 1. The predicted molar refractivity (Wildman–Crippen MR) is 91.4 cm³/mol. The average Bonchev–Trinajstić information content (AvgIpc) is 3.12. The first kappa shape index (κ1) is 18.6. The number of carboxylic acids is 1. The summed E-state index contributed by atoms with van der Waals surface area (Å²) in [5.74, 6) is -1.44. The second kappa shape index (κ2) is 8.03. The molecule has 1 aromatic rings. The number of carbonyl (C=O) groups excluding carboxylic acids is 1. The lowest BCUT2D eigenvalue weighted by Gasteiger charge is -2.35. The van der Waals surface area contributed by atoms with Crippen molar-refractivity contribution in [3.05, 3.63) is 29.6 Å². The molecule has 26 heavy (non-hydrogen) atoms. The molecule has 0 spiro atoms. The number of hydrogen-bond donors (Lipinski definition) is 1. The van der Waals surface area contributed by atoms with E-state index in [1.165, 1.54) is 19.2 Å². The van der Waals surface area contributed by atoms with Gasteiger partial charge in [0.05, 0.1) is 25.6 Å². The zero-order chi connectivity index (χ0) is 18.7. The standard InChI is InChI=1S/C19H24FNO5/c1-25-16-3-2-12(10-15(16)20)11-17(22)21-7-4-13(5-8-21)18-14(19(23)24)6-9-26-18/h2-3,10,13-14,18H,4-9,11H2,1H3,(H,23,24)/t14?,18-/m0/s1. The SMILES string of the molecule is COc1ccc(CC(=O)N2CCC([C@@H]3OCCC3C(=O)O)CC2)cc1F. The molecule has 0 aliphatic carbocycles. The van der Waals surface area contributed by atoms with Crippen LogP contribution in [0.2, 0.25) is 0 Å². The summed E-state index contributed by atoms with van der Waals surface area (Å²) >= 11 is 0. The van der Waals surface area contributed by atoms with E-state index in [1.807, 2.05) is 0 Å². The first-order chi connectivity index (χ1) is 12.5. The Morgan fingerprint density at radius 1 is 1.31 bits per heavy atom. The third kappa shape index (κ3) is 3.98. The van der Waals surface area contributed by atoms with Crippen LogP contribution in [0, 0.1) is 17.7 Å². The Morgan fingerprint density at radius 3 is 2.65 bits per heavy atom. The maximum Gasteiger partial charge on any atom is 0.309 e. The normalized spacial score (nSPS) is 23.8. The molecule has 6 nitrogen and oxygen atoms in total. The van der Waals surface area contributed by atoms with Gasteiger partial charge in [-0.15, -0.1) is 0 Å². The van der Waals surface area contributed by atoms with E-state index in [9.17, 15) is 19.1 Å². The summed E-state index contributed by atoms with van der Waals surface area (Å²) in [6, 6.07) is 4.54. The van der Waals surface area contributed by atoms with Crippen molar-refractivity contribution in [3.63, 3.8) is 0 Å². The number of halogens is 1. The van der Waals surface area contributed by atoms with E-state index in [2.05, 4.69) is 0 Å². The Hall–Kier alpha value is -2.15. The van der Waals surface area contributed by atoms with Crippen molar-refractivity contribution in [2.75, 3.05) is 26.8 Å². The molecular formula is C19H24FNO5. The van der Waals surface area contributed by atoms with Crippen LogP contribution in [0.3, 0.4) is 0 Å². The number of piperidine rings is 1. The van der Waals surface area contributed by atoms with Crippen LogP contribution in [0.1, 0.15) is 24.8 Å². The number of nitrogens with zero attached hydrogens (tertiary/aromatic N) is 1. The number of methoxy groups -OCH3 is 1. The van der Waals surface area contributed by atoms with Gasteiger partial charge in [-0.05, 0) is 42.9 Å². The molecule has 0 bridgehead atoms. The highest BCUT2D eigenvalue weighted by molar-refractivity contribution is 5.79. The summed E-state index contributed by atoms with van der Waals surface area (Å²) in [7, 11) is 1.40. The van der Waals surface area contributed by atoms with Gasteiger partial charge in [0.15, 0.2) is 11.6 Å². The average molecular weight is 365 g/mol. The molecule has 7 heteroatoms. The fourth-order valence-corrected chi connectivity index (χ4v) is 3.92. The van der Waals surface area contributed by atoms with Crippen molar-refractivity contribution in [1.29, 1.82) is 0 Å². The Kier molecular flexibility index (Phi) is 5.76. The Balaban J connectivity index is 1.54. The van der Waals surface area contributed by atoms with Gasteiger partial charge in [0.1, 0.15) is 0 Å². The summed E-state index contributed by atoms with van der Waals surface area (Å²) in [6.45, 7) is 1.65. The molecule has 1 N–H and O–H groups in total. The van der Waals surface area contributed by atoms with E-state index in [0.717, 1.165) is 12.8 Å². The topological polar surface area (TPSA) is 76.1 Å². The quantitative estimate of drug-likeness (QED) is 0.865. The van der Waals surface area contributed by atoms with Crippen LogP contribution in [0.15, 0.2) is 18.2 Å². The molecule has 2 aliphatic rings. The highest BCUT2D eigenvalue weighted by atomic mass is 19.1. The number of aliphatic carboxylic acids is 1. The molecule has 2 atom stereocenters. The molecule has 1 amide bonds. The minimum absolute atomic E-state index is 0.0462. The van der Waals surface area contributed by atoms with Crippen molar-refractivity contribution in [3.8, 4) is 5.75 Å². The fourth-order valence-electron chi connectivity index (χ4n) is 3.92. The summed E-state index contributed by atoms with van der Waals surface area (Å²) in [5.41, 5.74) is 0.612. The van der Waals surface area contributed by atoms with E-state index in [-0.39, 0.29) is 30.1 Å². The van der Waals surface area contributed by atoms with E-state index in [4.69, 9.17) is 9.47 Å². The Bertz CT molecular complexity index is 672. The minimum atomic E-state index is -0.799. The lowest BCUT2D eigenvalue weighted by Crippen LogP contribution is -2.43. The molecule has 0 saturated carbocycles. The Labute approximate surface area is 151 Å². The molecular weight excluding hydrogens is 341 g/mol. The molecule has 2 fully saturated rings. The fraction of sp³-hybridized carbons (Fsp3) is 0.579. The van der Waals surface area contributed by atoms with Crippen LogP contribution in [0.25, 0.3) is 0 Å². The molecule has 2 saturated heterocycles. The smallest absolute Gasteiger partial charge is 0.309 e.